The average molecular weight is 298 g/mol. The van der Waals surface area contributed by atoms with Crippen LogP contribution >= 0.6 is 0 Å². The van der Waals surface area contributed by atoms with Crippen LogP contribution < -0.4 is 5.32 Å². The second-order valence-corrected chi connectivity index (χ2v) is 6.35. The fourth-order valence-electron chi connectivity index (χ4n) is 2.32. The van der Waals surface area contributed by atoms with Crippen LogP contribution in [0, 0.1) is 11.8 Å². The molecule has 0 aromatic rings. The molecule has 0 spiro atoms. The Balaban J connectivity index is 2.08. The lowest BCUT2D eigenvalue weighted by Gasteiger charge is -2.33. The van der Waals surface area contributed by atoms with Gasteiger partial charge < -0.3 is 15.0 Å². The van der Waals surface area contributed by atoms with E-state index in [1.807, 2.05) is 32.6 Å². The molecule has 122 valence electrons. The molecule has 0 aromatic carbocycles. The first-order valence-electron chi connectivity index (χ1n) is 8.05. The third-order valence-electron chi connectivity index (χ3n) is 3.82. The highest BCUT2D eigenvalue weighted by atomic mass is 16.5. The number of amides is 1. The van der Waals surface area contributed by atoms with Crippen molar-refractivity contribution in [1.29, 1.82) is 0 Å². The molecule has 0 unspecified atom stereocenters. The molecular weight excluding hydrogens is 268 g/mol. The lowest BCUT2D eigenvalue weighted by atomic mass is 10.1. The van der Waals surface area contributed by atoms with Gasteiger partial charge in [-0.3, -0.25) is 9.59 Å². The molecule has 1 fully saturated rings. The predicted molar refractivity (Wildman–Crippen MR) is 83.1 cm³/mol. The number of nitrogens with one attached hydrogen (secondary N) is 1. The molecule has 0 aliphatic carbocycles. The molecule has 1 aliphatic rings. The number of rotatable bonds is 8. The van der Waals surface area contributed by atoms with E-state index in [9.17, 15) is 9.59 Å². The molecule has 1 amide bonds. The maximum Gasteiger partial charge on any atom is 0.225 e. The van der Waals surface area contributed by atoms with Crippen LogP contribution in [0.4, 0.5) is 0 Å². The summed E-state index contributed by atoms with van der Waals surface area (Å²) in [7, 11) is 0. The lowest BCUT2D eigenvalue weighted by molar-refractivity contribution is -0.137. The summed E-state index contributed by atoms with van der Waals surface area (Å²) in [6.45, 7) is 11.0. The molecule has 5 nitrogen and oxygen atoms in total. The van der Waals surface area contributed by atoms with Crippen LogP contribution in [0.25, 0.3) is 0 Å². The Hall–Kier alpha value is -0.940. The highest BCUT2D eigenvalue weighted by Crippen LogP contribution is 2.15. The zero-order chi connectivity index (χ0) is 15.8. The maximum atomic E-state index is 11.9. The van der Waals surface area contributed by atoms with Gasteiger partial charge in [0.15, 0.2) is 0 Å². The fraction of sp³-hybridized carbons (Fsp3) is 0.875. The summed E-state index contributed by atoms with van der Waals surface area (Å²) in [5.41, 5.74) is 0. The third-order valence-corrected chi connectivity index (χ3v) is 3.82. The van der Waals surface area contributed by atoms with Gasteiger partial charge >= 0.3 is 0 Å². The van der Waals surface area contributed by atoms with Crippen molar-refractivity contribution >= 4 is 11.7 Å². The van der Waals surface area contributed by atoms with Gasteiger partial charge in [0.25, 0.3) is 0 Å². The summed E-state index contributed by atoms with van der Waals surface area (Å²) in [5.74, 6) is 0.629. The van der Waals surface area contributed by atoms with Crippen molar-refractivity contribution in [3.8, 4) is 0 Å². The normalized spacial score (nSPS) is 16.8. The number of ether oxygens (including phenoxy) is 1. The zero-order valence-corrected chi connectivity index (χ0v) is 13.9. The number of carbonyl (C=O) groups is 2. The molecule has 1 rings (SSSR count). The first-order chi connectivity index (χ1) is 9.91. The summed E-state index contributed by atoms with van der Waals surface area (Å²) in [6.07, 6.45) is 2.05. The van der Waals surface area contributed by atoms with Crippen molar-refractivity contribution in [3.05, 3.63) is 0 Å². The molecule has 0 bridgehead atoms. The van der Waals surface area contributed by atoms with Crippen LogP contribution in [0.5, 0.6) is 0 Å². The summed E-state index contributed by atoms with van der Waals surface area (Å²) in [6, 6.07) is 0. The second-order valence-electron chi connectivity index (χ2n) is 6.35. The zero-order valence-electron chi connectivity index (χ0n) is 13.9. The molecule has 5 heteroatoms. The largest absolute Gasteiger partial charge is 0.377 e. The Bertz CT molecular complexity index is 334. The van der Waals surface area contributed by atoms with E-state index in [-0.39, 0.29) is 29.6 Å². The summed E-state index contributed by atoms with van der Waals surface area (Å²) in [5, 5.41) is 3.11. The maximum absolute atomic E-state index is 11.9. The smallest absolute Gasteiger partial charge is 0.225 e. The molecule has 0 saturated carbocycles. The summed E-state index contributed by atoms with van der Waals surface area (Å²) in [4.78, 5) is 25.2. The van der Waals surface area contributed by atoms with Crippen LogP contribution in [-0.4, -0.2) is 55.5 Å². The number of hydrogen-bond donors (Lipinski definition) is 1. The Morgan fingerprint density at radius 1 is 1.14 bits per heavy atom. The average Bonchev–Trinajstić information content (AvgIpc) is 2.46. The molecule has 1 heterocycles. The predicted octanol–water partition coefficient (Wildman–Crippen LogP) is 1.46. The lowest BCUT2D eigenvalue weighted by Crippen LogP contribution is -2.43. The van der Waals surface area contributed by atoms with Crippen LogP contribution in [0.3, 0.4) is 0 Å². The van der Waals surface area contributed by atoms with Gasteiger partial charge in [-0.15, -0.1) is 0 Å². The first kappa shape index (κ1) is 18.1. The van der Waals surface area contributed by atoms with Crippen molar-refractivity contribution in [3.63, 3.8) is 0 Å². The van der Waals surface area contributed by atoms with Gasteiger partial charge in [-0.1, -0.05) is 27.7 Å². The van der Waals surface area contributed by atoms with E-state index in [0.717, 1.165) is 25.9 Å². The van der Waals surface area contributed by atoms with Gasteiger partial charge in [-0.05, 0) is 12.8 Å². The number of hydrogen-bond acceptors (Lipinski definition) is 4. The molecule has 0 radical (unpaired) electrons. The van der Waals surface area contributed by atoms with Gasteiger partial charge in [0.2, 0.25) is 5.91 Å². The van der Waals surface area contributed by atoms with Gasteiger partial charge in [-0.25, -0.2) is 0 Å². The minimum absolute atomic E-state index is 0.0742. The van der Waals surface area contributed by atoms with E-state index in [0.29, 0.717) is 19.7 Å². The molecule has 0 aromatic heterocycles. The highest BCUT2D eigenvalue weighted by Gasteiger charge is 2.24. The molecule has 1 N–H and O–H groups in total. The van der Waals surface area contributed by atoms with E-state index < -0.39 is 0 Å². The number of likely N-dealkylation sites (tertiary alicyclic amines) is 1. The van der Waals surface area contributed by atoms with Crippen LogP contribution in [0.15, 0.2) is 0 Å². The standard InChI is InChI=1S/C16H30N2O3/c1-12(2)15(19)11-17-7-10-21-14-5-8-18(9-6-14)16(20)13(3)4/h12-14,17H,5-11H2,1-4H3. The first-order valence-corrected chi connectivity index (χ1v) is 8.05. The Kier molecular flexibility index (Phi) is 7.89. The van der Waals surface area contributed by atoms with E-state index >= 15 is 0 Å². The summed E-state index contributed by atoms with van der Waals surface area (Å²) < 4.78 is 5.80. The second kappa shape index (κ2) is 9.15. The van der Waals surface area contributed by atoms with Crippen molar-refractivity contribution in [2.24, 2.45) is 11.8 Å². The SMILES string of the molecule is CC(C)C(=O)CNCCOC1CCN(C(=O)C(C)C)CC1. The number of piperidine rings is 1. The summed E-state index contributed by atoms with van der Waals surface area (Å²) >= 11 is 0. The van der Waals surface area contributed by atoms with Crippen LogP contribution in [0.2, 0.25) is 0 Å². The highest BCUT2D eigenvalue weighted by molar-refractivity contribution is 5.82. The molecule has 0 atom stereocenters. The van der Waals surface area contributed by atoms with Crippen molar-refractivity contribution in [2.45, 2.75) is 46.6 Å². The quantitative estimate of drug-likeness (QED) is 0.689. The van der Waals surface area contributed by atoms with Gasteiger partial charge in [0.1, 0.15) is 5.78 Å². The van der Waals surface area contributed by atoms with Crippen molar-refractivity contribution in [2.75, 3.05) is 32.8 Å². The topological polar surface area (TPSA) is 58.6 Å². The Labute approximate surface area is 128 Å². The number of Topliss-reactive ketones (excluding diaryl/α,β-unsaturated/α-hetero) is 1. The van der Waals surface area contributed by atoms with E-state index in [1.54, 1.807) is 0 Å². The van der Waals surface area contributed by atoms with Crippen LogP contribution in [-0.2, 0) is 14.3 Å². The van der Waals surface area contributed by atoms with Crippen LogP contribution in [0.1, 0.15) is 40.5 Å². The molecular formula is C16H30N2O3. The minimum atomic E-state index is 0.0742. The molecule has 1 saturated heterocycles. The number of carbonyl (C=O) groups excluding carboxylic acids is 2. The Morgan fingerprint density at radius 2 is 1.76 bits per heavy atom. The third kappa shape index (κ3) is 6.57. The van der Waals surface area contributed by atoms with E-state index in [1.165, 1.54) is 0 Å². The van der Waals surface area contributed by atoms with Gasteiger partial charge in [0, 0.05) is 31.5 Å². The molecule has 1 aliphatic heterocycles. The fourth-order valence-corrected chi connectivity index (χ4v) is 2.32. The number of ketones is 1. The van der Waals surface area contributed by atoms with E-state index in [4.69, 9.17) is 4.74 Å². The monoisotopic (exact) mass is 298 g/mol. The van der Waals surface area contributed by atoms with Crippen molar-refractivity contribution in [1.82, 2.24) is 10.2 Å². The van der Waals surface area contributed by atoms with E-state index in [2.05, 4.69) is 5.32 Å². The Morgan fingerprint density at radius 3 is 2.29 bits per heavy atom. The van der Waals surface area contributed by atoms with Gasteiger partial charge in [-0.2, -0.15) is 0 Å². The molecule has 21 heavy (non-hydrogen) atoms. The minimum Gasteiger partial charge on any atom is -0.377 e. The van der Waals surface area contributed by atoms with Crippen molar-refractivity contribution < 1.29 is 14.3 Å². The number of nitrogens with zero attached hydrogens (tertiary/aromatic N) is 1. The van der Waals surface area contributed by atoms with Gasteiger partial charge in [0.05, 0.1) is 19.3 Å².